The lowest BCUT2D eigenvalue weighted by Gasteiger charge is -2.12. The first kappa shape index (κ1) is 19.6. The molecule has 3 aromatic carbocycles. The van der Waals surface area contributed by atoms with Gasteiger partial charge in [-0.25, -0.2) is 4.79 Å². The Morgan fingerprint density at radius 2 is 1.55 bits per heavy atom. The van der Waals surface area contributed by atoms with Gasteiger partial charge in [0.1, 0.15) is 28.6 Å². The normalized spacial score (nSPS) is 11.3. The molecule has 0 saturated heterocycles. The highest BCUT2D eigenvalue weighted by Crippen LogP contribution is 2.29. The van der Waals surface area contributed by atoms with Crippen molar-refractivity contribution >= 4 is 17.2 Å². The fraction of sp³-hybridized carbons (Fsp3) is 0.0455. The average Bonchev–Trinajstić information content (AvgIpc) is 2.69. The van der Waals surface area contributed by atoms with Gasteiger partial charge < -0.3 is 14.6 Å². The van der Waals surface area contributed by atoms with E-state index in [1.807, 2.05) is 0 Å². The van der Waals surface area contributed by atoms with E-state index in [1.165, 1.54) is 24.3 Å². The smallest absolute Gasteiger partial charge is 0.339 e. The monoisotopic (exact) mass is 391 g/mol. The Bertz CT molecular complexity index is 1060. The predicted octanol–water partition coefficient (Wildman–Crippen LogP) is 5.28. The summed E-state index contributed by atoms with van der Waals surface area (Å²) in [6, 6.07) is 21.1. The standard InChI is InChI=1S/C22H17NO6/c1-15(21(22(24)25)16-6-3-2-4-7-16)28-19-8-5-9-20(14-19)29-18-12-10-17(11-13-18)23(26)27/h2-14H,1H3,(H,24,25). The number of nitro benzene ring substituents is 1. The molecule has 0 unspecified atom stereocenters. The first-order valence-corrected chi connectivity index (χ1v) is 8.64. The number of carbonyl (C=O) groups is 1. The second kappa shape index (κ2) is 8.71. The van der Waals surface area contributed by atoms with Crippen LogP contribution in [0.5, 0.6) is 17.2 Å². The molecule has 0 fully saturated rings. The molecule has 0 aromatic heterocycles. The number of nitro groups is 1. The van der Waals surface area contributed by atoms with Crippen LogP contribution in [0.2, 0.25) is 0 Å². The van der Waals surface area contributed by atoms with Gasteiger partial charge in [-0.2, -0.15) is 0 Å². The molecule has 0 aliphatic rings. The lowest BCUT2D eigenvalue weighted by molar-refractivity contribution is -0.384. The molecule has 0 saturated carbocycles. The quantitative estimate of drug-likeness (QED) is 0.255. The number of ether oxygens (including phenoxy) is 2. The Hall–Kier alpha value is -4.13. The molecule has 0 bridgehead atoms. The summed E-state index contributed by atoms with van der Waals surface area (Å²) >= 11 is 0. The van der Waals surface area contributed by atoms with Gasteiger partial charge in [0, 0.05) is 18.2 Å². The SMILES string of the molecule is CC(Oc1cccc(Oc2ccc([N+](=O)[O-])cc2)c1)=C(C(=O)O)c1ccccc1. The number of non-ortho nitro benzene ring substituents is 1. The van der Waals surface area contributed by atoms with Crippen molar-refractivity contribution in [1.29, 1.82) is 0 Å². The number of carboxylic acid groups (broad SMARTS) is 1. The van der Waals surface area contributed by atoms with Gasteiger partial charge in [0.2, 0.25) is 0 Å². The third kappa shape index (κ3) is 4.98. The van der Waals surface area contributed by atoms with Crippen molar-refractivity contribution in [3.05, 3.63) is 100 Å². The van der Waals surface area contributed by atoms with Crippen molar-refractivity contribution in [2.24, 2.45) is 0 Å². The van der Waals surface area contributed by atoms with Crippen LogP contribution in [0.3, 0.4) is 0 Å². The van der Waals surface area contributed by atoms with Crippen LogP contribution >= 0.6 is 0 Å². The van der Waals surface area contributed by atoms with E-state index in [-0.39, 0.29) is 17.0 Å². The number of benzene rings is 3. The zero-order chi connectivity index (χ0) is 20.8. The minimum absolute atomic E-state index is 0.0303. The zero-order valence-corrected chi connectivity index (χ0v) is 15.4. The lowest BCUT2D eigenvalue weighted by Crippen LogP contribution is -2.06. The van der Waals surface area contributed by atoms with Gasteiger partial charge in [-0.05, 0) is 36.8 Å². The molecule has 0 aliphatic carbocycles. The van der Waals surface area contributed by atoms with Crippen LogP contribution in [0, 0.1) is 10.1 Å². The van der Waals surface area contributed by atoms with E-state index in [2.05, 4.69) is 0 Å². The molecular formula is C22H17NO6. The third-order valence-corrected chi connectivity index (χ3v) is 3.99. The molecule has 146 valence electrons. The average molecular weight is 391 g/mol. The van der Waals surface area contributed by atoms with E-state index in [4.69, 9.17) is 9.47 Å². The number of hydrogen-bond donors (Lipinski definition) is 1. The van der Waals surface area contributed by atoms with Crippen molar-refractivity contribution in [2.45, 2.75) is 6.92 Å². The minimum atomic E-state index is -1.09. The molecule has 0 radical (unpaired) electrons. The zero-order valence-electron chi connectivity index (χ0n) is 15.4. The molecule has 29 heavy (non-hydrogen) atoms. The first-order valence-electron chi connectivity index (χ1n) is 8.64. The van der Waals surface area contributed by atoms with Gasteiger partial charge in [-0.15, -0.1) is 0 Å². The Kier molecular flexibility index (Phi) is 5.89. The third-order valence-electron chi connectivity index (χ3n) is 3.99. The highest BCUT2D eigenvalue weighted by Gasteiger charge is 2.16. The van der Waals surface area contributed by atoms with Gasteiger partial charge in [0.15, 0.2) is 0 Å². The summed E-state index contributed by atoms with van der Waals surface area (Å²) < 4.78 is 11.4. The predicted molar refractivity (Wildman–Crippen MR) is 107 cm³/mol. The molecule has 7 nitrogen and oxygen atoms in total. The summed E-state index contributed by atoms with van der Waals surface area (Å²) in [7, 11) is 0. The summed E-state index contributed by atoms with van der Waals surface area (Å²) in [6.45, 7) is 1.58. The van der Waals surface area contributed by atoms with Gasteiger partial charge in [-0.3, -0.25) is 10.1 Å². The molecule has 0 amide bonds. The van der Waals surface area contributed by atoms with Gasteiger partial charge in [0.25, 0.3) is 5.69 Å². The van der Waals surface area contributed by atoms with E-state index in [0.717, 1.165) is 0 Å². The topological polar surface area (TPSA) is 98.9 Å². The Morgan fingerprint density at radius 3 is 2.17 bits per heavy atom. The van der Waals surface area contributed by atoms with Crippen LogP contribution in [0.4, 0.5) is 5.69 Å². The number of nitrogens with zero attached hydrogens (tertiary/aromatic N) is 1. The number of hydrogen-bond acceptors (Lipinski definition) is 5. The summed E-state index contributed by atoms with van der Waals surface area (Å²) in [5.41, 5.74) is 0.570. The Labute approximate surface area is 166 Å². The van der Waals surface area contributed by atoms with E-state index in [0.29, 0.717) is 22.8 Å². The van der Waals surface area contributed by atoms with Crippen LogP contribution < -0.4 is 9.47 Å². The van der Waals surface area contributed by atoms with Crippen molar-refractivity contribution in [3.8, 4) is 17.2 Å². The van der Waals surface area contributed by atoms with E-state index in [1.54, 1.807) is 61.5 Å². The minimum Gasteiger partial charge on any atom is -0.478 e. The molecule has 0 aliphatic heterocycles. The second-order valence-electron chi connectivity index (χ2n) is 6.03. The number of allylic oxidation sites excluding steroid dienone is 1. The molecule has 1 N–H and O–H groups in total. The second-order valence-corrected chi connectivity index (χ2v) is 6.03. The van der Waals surface area contributed by atoms with Crippen molar-refractivity contribution in [1.82, 2.24) is 0 Å². The molecular weight excluding hydrogens is 374 g/mol. The molecule has 0 atom stereocenters. The Morgan fingerprint density at radius 1 is 0.897 bits per heavy atom. The highest BCUT2D eigenvalue weighted by molar-refractivity contribution is 6.16. The summed E-state index contributed by atoms with van der Waals surface area (Å²) in [4.78, 5) is 21.9. The first-order chi connectivity index (χ1) is 13.9. The van der Waals surface area contributed by atoms with Gasteiger partial charge >= 0.3 is 5.97 Å². The van der Waals surface area contributed by atoms with Crippen molar-refractivity contribution in [3.63, 3.8) is 0 Å². The van der Waals surface area contributed by atoms with Crippen LogP contribution in [0.15, 0.2) is 84.6 Å². The summed E-state index contributed by atoms with van der Waals surface area (Å²) in [5.74, 6) is 0.413. The van der Waals surface area contributed by atoms with Gasteiger partial charge in [-0.1, -0.05) is 36.4 Å². The number of carboxylic acids is 1. The van der Waals surface area contributed by atoms with Crippen LogP contribution in [-0.2, 0) is 4.79 Å². The molecule has 3 rings (SSSR count). The maximum Gasteiger partial charge on any atom is 0.339 e. The fourth-order valence-corrected chi connectivity index (χ4v) is 2.68. The maximum absolute atomic E-state index is 11.7. The van der Waals surface area contributed by atoms with Gasteiger partial charge in [0.05, 0.1) is 4.92 Å². The molecule has 0 heterocycles. The summed E-state index contributed by atoms with van der Waals surface area (Å²) in [6.07, 6.45) is 0. The van der Waals surface area contributed by atoms with Crippen LogP contribution in [0.25, 0.3) is 5.57 Å². The van der Waals surface area contributed by atoms with E-state index < -0.39 is 10.9 Å². The fourth-order valence-electron chi connectivity index (χ4n) is 2.68. The van der Waals surface area contributed by atoms with Crippen molar-refractivity contribution in [2.75, 3.05) is 0 Å². The van der Waals surface area contributed by atoms with Crippen LogP contribution in [0.1, 0.15) is 12.5 Å². The van der Waals surface area contributed by atoms with Crippen molar-refractivity contribution < 1.29 is 24.3 Å². The maximum atomic E-state index is 11.7. The molecule has 7 heteroatoms. The van der Waals surface area contributed by atoms with E-state index >= 15 is 0 Å². The molecule has 3 aromatic rings. The highest BCUT2D eigenvalue weighted by atomic mass is 16.6. The number of aliphatic carboxylic acids is 1. The molecule has 0 spiro atoms. The lowest BCUT2D eigenvalue weighted by atomic mass is 10.1. The van der Waals surface area contributed by atoms with Crippen LogP contribution in [-0.4, -0.2) is 16.0 Å². The largest absolute Gasteiger partial charge is 0.478 e. The Balaban J connectivity index is 1.81. The number of rotatable bonds is 7. The summed E-state index contributed by atoms with van der Waals surface area (Å²) in [5, 5.41) is 20.3. The van der Waals surface area contributed by atoms with E-state index in [9.17, 15) is 20.0 Å².